The third-order valence-corrected chi connectivity index (χ3v) is 5.32. The Labute approximate surface area is 158 Å². The molecule has 1 aliphatic heterocycles. The van der Waals surface area contributed by atoms with Crippen molar-refractivity contribution in [3.63, 3.8) is 0 Å². The summed E-state index contributed by atoms with van der Waals surface area (Å²) in [7, 11) is 1.74. The van der Waals surface area contributed by atoms with E-state index in [0.29, 0.717) is 30.2 Å². The summed E-state index contributed by atoms with van der Waals surface area (Å²) in [5, 5.41) is 2.80. The van der Waals surface area contributed by atoms with Crippen LogP contribution in [0.2, 0.25) is 0 Å². The number of fused-ring (bicyclic) bond motifs is 1. The van der Waals surface area contributed by atoms with E-state index in [2.05, 4.69) is 21.2 Å². The van der Waals surface area contributed by atoms with Gasteiger partial charge in [-0.2, -0.15) is 0 Å². The molecule has 0 bridgehead atoms. The number of carbonyl (C=O) groups excluding carboxylic acids is 2. The predicted molar refractivity (Wildman–Crippen MR) is 102 cm³/mol. The molecule has 0 saturated carbocycles. The zero-order valence-corrected chi connectivity index (χ0v) is 16.0. The van der Waals surface area contributed by atoms with Gasteiger partial charge in [0.05, 0.1) is 18.0 Å². The number of thioether (sulfide) groups is 1. The van der Waals surface area contributed by atoms with Crippen molar-refractivity contribution < 1.29 is 14.3 Å². The van der Waals surface area contributed by atoms with Crippen LogP contribution in [0.4, 0.5) is 5.69 Å². The van der Waals surface area contributed by atoms with Gasteiger partial charge in [-0.1, -0.05) is 15.9 Å². The molecule has 0 unspecified atom stereocenters. The Morgan fingerprint density at radius 2 is 2.04 bits per heavy atom. The number of nitrogens with zero attached hydrogens (tertiary/aromatic N) is 1. The zero-order valence-electron chi connectivity index (χ0n) is 13.6. The van der Waals surface area contributed by atoms with Gasteiger partial charge in [0.25, 0.3) is 5.91 Å². The largest absolute Gasteiger partial charge is 0.492 e. The molecule has 25 heavy (non-hydrogen) atoms. The Balaban J connectivity index is 1.57. The summed E-state index contributed by atoms with van der Waals surface area (Å²) >= 11 is 4.85. The third-order valence-electron chi connectivity index (χ3n) is 3.72. The summed E-state index contributed by atoms with van der Waals surface area (Å²) in [6.07, 6.45) is 0. The topological polar surface area (TPSA) is 58.6 Å². The van der Waals surface area contributed by atoms with Crippen LogP contribution in [-0.2, 0) is 4.79 Å². The summed E-state index contributed by atoms with van der Waals surface area (Å²) < 4.78 is 6.64. The molecule has 0 radical (unpaired) electrons. The molecule has 0 fully saturated rings. The Morgan fingerprint density at radius 1 is 1.28 bits per heavy atom. The van der Waals surface area contributed by atoms with Crippen LogP contribution in [0, 0.1) is 0 Å². The minimum Gasteiger partial charge on any atom is -0.492 e. The predicted octanol–water partition coefficient (Wildman–Crippen LogP) is 3.64. The number of hydrogen-bond donors (Lipinski definition) is 1. The number of carbonyl (C=O) groups is 2. The van der Waals surface area contributed by atoms with Crippen molar-refractivity contribution in [2.24, 2.45) is 0 Å². The highest BCUT2D eigenvalue weighted by atomic mass is 79.9. The fourth-order valence-corrected chi connectivity index (χ4v) is 3.42. The normalized spacial score (nSPS) is 13.0. The smallest absolute Gasteiger partial charge is 0.253 e. The first kappa shape index (κ1) is 17.8. The maximum Gasteiger partial charge on any atom is 0.253 e. The molecule has 0 aliphatic carbocycles. The van der Waals surface area contributed by atoms with Crippen LogP contribution in [0.1, 0.15) is 10.4 Å². The molecule has 5 nitrogen and oxygen atoms in total. The van der Waals surface area contributed by atoms with E-state index in [1.807, 2.05) is 30.3 Å². The molecule has 2 aromatic rings. The van der Waals surface area contributed by atoms with Gasteiger partial charge in [0, 0.05) is 22.0 Å². The van der Waals surface area contributed by atoms with Gasteiger partial charge in [0.1, 0.15) is 12.4 Å². The van der Waals surface area contributed by atoms with Crippen LogP contribution in [0.3, 0.4) is 0 Å². The van der Waals surface area contributed by atoms with E-state index in [0.717, 1.165) is 15.1 Å². The lowest BCUT2D eigenvalue weighted by atomic mass is 10.1. The number of benzene rings is 2. The highest BCUT2D eigenvalue weighted by Crippen LogP contribution is 2.32. The third kappa shape index (κ3) is 4.55. The van der Waals surface area contributed by atoms with Crippen LogP contribution < -0.4 is 10.1 Å². The number of amides is 2. The van der Waals surface area contributed by atoms with E-state index in [1.54, 1.807) is 24.1 Å². The highest BCUT2D eigenvalue weighted by Gasteiger charge is 2.18. The lowest BCUT2D eigenvalue weighted by Crippen LogP contribution is -2.31. The summed E-state index contributed by atoms with van der Waals surface area (Å²) in [6, 6.07) is 12.9. The molecule has 0 atom stereocenters. The van der Waals surface area contributed by atoms with Crippen molar-refractivity contribution in [3.05, 3.63) is 52.5 Å². The average molecular weight is 421 g/mol. The van der Waals surface area contributed by atoms with Crippen molar-refractivity contribution >= 4 is 45.2 Å². The SMILES string of the molecule is CN(CCOc1ccc(Br)cc1)C(=O)c1ccc2c(c1)NC(=O)CS2. The quantitative estimate of drug-likeness (QED) is 0.801. The van der Waals surface area contributed by atoms with E-state index in [-0.39, 0.29) is 11.8 Å². The first-order valence-corrected chi connectivity index (χ1v) is 9.51. The molecular weight excluding hydrogens is 404 g/mol. The van der Waals surface area contributed by atoms with Crippen molar-refractivity contribution in [2.45, 2.75) is 4.90 Å². The Hall–Kier alpha value is -1.99. The molecule has 0 aromatic heterocycles. The second-order valence-corrected chi connectivity index (χ2v) is 7.51. The van der Waals surface area contributed by atoms with Gasteiger partial charge in [0.2, 0.25) is 5.91 Å². The minimum atomic E-state index is -0.105. The van der Waals surface area contributed by atoms with E-state index in [1.165, 1.54) is 11.8 Å². The molecule has 130 valence electrons. The maximum absolute atomic E-state index is 12.5. The minimum absolute atomic E-state index is 0.0432. The fourth-order valence-electron chi connectivity index (χ4n) is 2.37. The van der Waals surface area contributed by atoms with E-state index >= 15 is 0 Å². The molecule has 7 heteroatoms. The lowest BCUT2D eigenvalue weighted by molar-refractivity contribution is -0.113. The average Bonchev–Trinajstić information content (AvgIpc) is 2.62. The van der Waals surface area contributed by atoms with Gasteiger partial charge >= 0.3 is 0 Å². The summed E-state index contributed by atoms with van der Waals surface area (Å²) in [4.78, 5) is 26.6. The van der Waals surface area contributed by atoms with E-state index in [4.69, 9.17) is 4.74 Å². The number of halogens is 1. The van der Waals surface area contributed by atoms with E-state index in [9.17, 15) is 9.59 Å². The molecule has 0 spiro atoms. The molecule has 2 aromatic carbocycles. The number of hydrogen-bond acceptors (Lipinski definition) is 4. The van der Waals surface area contributed by atoms with Gasteiger partial charge in [-0.3, -0.25) is 9.59 Å². The first-order valence-electron chi connectivity index (χ1n) is 7.73. The molecule has 1 N–H and O–H groups in total. The molecule has 1 heterocycles. The zero-order chi connectivity index (χ0) is 17.8. The van der Waals surface area contributed by atoms with Gasteiger partial charge in [-0.25, -0.2) is 0 Å². The van der Waals surface area contributed by atoms with Crippen LogP contribution in [0.25, 0.3) is 0 Å². The molecule has 1 aliphatic rings. The molecule has 0 saturated heterocycles. The Bertz CT molecular complexity index is 795. The van der Waals surface area contributed by atoms with E-state index < -0.39 is 0 Å². The van der Waals surface area contributed by atoms with Crippen molar-refractivity contribution in [2.75, 3.05) is 31.3 Å². The summed E-state index contributed by atoms with van der Waals surface area (Å²) in [6.45, 7) is 0.870. The Morgan fingerprint density at radius 3 is 2.80 bits per heavy atom. The summed E-state index contributed by atoms with van der Waals surface area (Å²) in [5.74, 6) is 1.02. The van der Waals surface area contributed by atoms with Crippen LogP contribution in [0.15, 0.2) is 51.8 Å². The lowest BCUT2D eigenvalue weighted by Gasteiger charge is -2.20. The standard InChI is InChI=1S/C18H17BrN2O3S/c1-21(8-9-24-14-5-3-13(19)4-6-14)18(23)12-2-7-16-15(10-12)20-17(22)11-25-16/h2-7,10H,8-9,11H2,1H3,(H,20,22). The van der Waals surface area contributed by atoms with Crippen molar-refractivity contribution in [1.82, 2.24) is 4.90 Å². The van der Waals surface area contributed by atoms with Crippen LogP contribution in [-0.4, -0.2) is 42.7 Å². The molecular formula is C18H17BrN2O3S. The van der Waals surface area contributed by atoms with Crippen molar-refractivity contribution in [1.29, 1.82) is 0 Å². The molecule has 2 amide bonds. The van der Waals surface area contributed by atoms with Gasteiger partial charge in [-0.15, -0.1) is 11.8 Å². The number of anilines is 1. The number of ether oxygens (including phenoxy) is 1. The van der Waals surface area contributed by atoms with Gasteiger partial charge in [0.15, 0.2) is 0 Å². The second kappa shape index (κ2) is 7.93. The fraction of sp³-hybridized carbons (Fsp3) is 0.222. The van der Waals surface area contributed by atoms with Gasteiger partial charge < -0.3 is 15.0 Å². The number of nitrogens with one attached hydrogen (secondary N) is 1. The van der Waals surface area contributed by atoms with Crippen molar-refractivity contribution in [3.8, 4) is 5.75 Å². The Kier molecular flexibility index (Phi) is 5.65. The molecule has 3 rings (SSSR count). The summed E-state index contributed by atoms with van der Waals surface area (Å²) in [5.41, 5.74) is 1.25. The van der Waals surface area contributed by atoms with Crippen LogP contribution >= 0.6 is 27.7 Å². The monoisotopic (exact) mass is 420 g/mol. The highest BCUT2D eigenvalue weighted by molar-refractivity contribution is 9.10. The first-order chi connectivity index (χ1) is 12.0. The number of likely N-dealkylation sites (N-methyl/N-ethyl adjacent to an activating group) is 1. The van der Waals surface area contributed by atoms with Gasteiger partial charge in [-0.05, 0) is 42.5 Å². The van der Waals surface area contributed by atoms with Crippen LogP contribution in [0.5, 0.6) is 5.75 Å². The number of rotatable bonds is 5. The second-order valence-electron chi connectivity index (χ2n) is 5.58. The maximum atomic E-state index is 12.5.